The molecule has 110 valence electrons. The molecule has 0 bridgehead atoms. The molecule has 2 aromatic rings. The van der Waals surface area contributed by atoms with Crippen LogP contribution < -0.4 is 5.32 Å². The van der Waals surface area contributed by atoms with Crippen LogP contribution in [0.1, 0.15) is 37.2 Å². The Hall–Kier alpha value is -2.36. The average Bonchev–Trinajstić information content (AvgIpc) is 3.01. The van der Waals surface area contributed by atoms with Crippen molar-refractivity contribution in [1.82, 2.24) is 14.9 Å². The Labute approximate surface area is 125 Å². The molecule has 0 saturated carbocycles. The highest BCUT2D eigenvalue weighted by Crippen LogP contribution is 2.16. The predicted molar refractivity (Wildman–Crippen MR) is 83.8 cm³/mol. The van der Waals surface area contributed by atoms with Gasteiger partial charge >= 0.3 is 0 Å². The van der Waals surface area contributed by atoms with E-state index in [1.165, 1.54) is 16.5 Å². The lowest BCUT2D eigenvalue weighted by Crippen LogP contribution is -2.23. The average molecular weight is 283 g/mol. The second-order valence-corrected chi connectivity index (χ2v) is 5.34. The van der Waals surface area contributed by atoms with Crippen LogP contribution in [-0.4, -0.2) is 15.5 Å². The zero-order valence-corrected chi connectivity index (χ0v) is 12.7. The third kappa shape index (κ3) is 4.05. The summed E-state index contributed by atoms with van der Waals surface area (Å²) in [5.41, 5.74) is 2.11. The minimum Gasteiger partial charge on any atom is -0.381 e. The first-order chi connectivity index (χ1) is 10.1. The van der Waals surface area contributed by atoms with E-state index >= 15 is 0 Å². The molecular weight excluding hydrogens is 262 g/mol. The van der Waals surface area contributed by atoms with E-state index in [9.17, 15) is 4.79 Å². The molecule has 2 rings (SSSR count). The first-order valence-corrected chi connectivity index (χ1v) is 7.13. The minimum absolute atomic E-state index is 0.0936. The number of hydrogen-bond acceptors (Lipinski definition) is 3. The van der Waals surface area contributed by atoms with E-state index in [-0.39, 0.29) is 17.9 Å². The lowest BCUT2D eigenvalue weighted by molar-refractivity contribution is 0.0966. The van der Waals surface area contributed by atoms with Crippen molar-refractivity contribution in [3.05, 3.63) is 66.4 Å². The molecule has 4 heteroatoms. The fourth-order valence-electron chi connectivity index (χ4n) is 2.05. The maximum absolute atomic E-state index is 12.1. The van der Waals surface area contributed by atoms with E-state index < -0.39 is 0 Å². The summed E-state index contributed by atoms with van der Waals surface area (Å²) in [4.78, 5) is 16.0. The smallest absolute Gasteiger partial charge is 0.257 e. The molecule has 1 aromatic carbocycles. The Balaban J connectivity index is 2.14. The molecular formula is C17H21N3O. The molecule has 0 saturated heterocycles. The summed E-state index contributed by atoms with van der Waals surface area (Å²) in [6, 6.07) is 10.3. The van der Waals surface area contributed by atoms with Crippen molar-refractivity contribution in [2.24, 2.45) is 5.92 Å². The molecule has 0 aliphatic rings. The first kappa shape index (κ1) is 15.0. The molecule has 4 nitrogen and oxygen atoms in total. The number of nitrogens with one attached hydrogen (secondary N) is 1. The minimum atomic E-state index is -0.0936. The topological polar surface area (TPSA) is 46.9 Å². The molecule has 0 aliphatic heterocycles. The summed E-state index contributed by atoms with van der Waals surface area (Å²) < 4.78 is 1.47. The van der Waals surface area contributed by atoms with Gasteiger partial charge in [0.05, 0.1) is 0 Å². The summed E-state index contributed by atoms with van der Waals surface area (Å²) in [5.74, 6) is 0.146. The van der Waals surface area contributed by atoms with Crippen LogP contribution in [0.5, 0.6) is 0 Å². The molecule has 0 aliphatic carbocycles. The highest BCUT2D eigenvalue weighted by molar-refractivity contribution is 5.90. The second-order valence-electron chi connectivity index (χ2n) is 5.34. The van der Waals surface area contributed by atoms with E-state index in [0.717, 1.165) is 5.70 Å². The normalized spacial score (nSPS) is 13.2. The largest absolute Gasteiger partial charge is 0.381 e. The summed E-state index contributed by atoms with van der Waals surface area (Å²) in [5, 5.41) is 3.43. The fraction of sp³-hybridized carbons (Fsp3) is 0.294. The van der Waals surface area contributed by atoms with Gasteiger partial charge in [0, 0.05) is 30.2 Å². The van der Waals surface area contributed by atoms with Gasteiger partial charge in [0.2, 0.25) is 0 Å². The van der Waals surface area contributed by atoms with Gasteiger partial charge in [-0.1, -0.05) is 44.2 Å². The van der Waals surface area contributed by atoms with Gasteiger partial charge in [-0.3, -0.25) is 9.36 Å². The standard InChI is InChI=1S/C17H21N3O/c1-13(2)16(11-17(21)20-10-9-18-12-20)19-14(3)15-7-5-4-6-8-15/h4-14,19H,1-3H3/b16-11-/t14-/m1/s1. The molecule has 1 aromatic heterocycles. The van der Waals surface area contributed by atoms with Gasteiger partial charge in [-0.2, -0.15) is 0 Å². The zero-order chi connectivity index (χ0) is 15.2. The number of nitrogens with zero attached hydrogens (tertiary/aromatic N) is 2. The SMILES string of the molecule is CC(C)/C(=C/C(=O)n1ccnc1)N[C@H](C)c1ccccc1. The number of aromatic nitrogens is 2. The molecule has 1 heterocycles. The van der Waals surface area contributed by atoms with Crippen LogP contribution in [0.3, 0.4) is 0 Å². The highest BCUT2D eigenvalue weighted by Gasteiger charge is 2.11. The molecule has 0 unspecified atom stereocenters. The van der Waals surface area contributed by atoms with Crippen molar-refractivity contribution in [2.45, 2.75) is 26.8 Å². The summed E-state index contributed by atoms with van der Waals surface area (Å²) >= 11 is 0. The van der Waals surface area contributed by atoms with Crippen molar-refractivity contribution in [2.75, 3.05) is 0 Å². The molecule has 0 amide bonds. The molecule has 0 fully saturated rings. The second kappa shape index (κ2) is 6.88. The number of imidazole rings is 1. The number of benzene rings is 1. The Morgan fingerprint density at radius 3 is 2.52 bits per heavy atom. The van der Waals surface area contributed by atoms with Crippen LogP contribution in [0.4, 0.5) is 0 Å². The molecule has 0 radical (unpaired) electrons. The van der Waals surface area contributed by atoms with Gasteiger partial charge in [-0.25, -0.2) is 4.98 Å². The first-order valence-electron chi connectivity index (χ1n) is 7.13. The monoisotopic (exact) mass is 283 g/mol. The van der Waals surface area contributed by atoms with E-state index in [2.05, 4.69) is 43.2 Å². The summed E-state index contributed by atoms with van der Waals surface area (Å²) in [6.07, 6.45) is 6.40. The third-order valence-corrected chi connectivity index (χ3v) is 3.34. The highest BCUT2D eigenvalue weighted by atomic mass is 16.1. The number of carbonyl (C=O) groups excluding carboxylic acids is 1. The van der Waals surface area contributed by atoms with E-state index in [1.54, 1.807) is 18.5 Å². The van der Waals surface area contributed by atoms with Gasteiger partial charge < -0.3 is 5.32 Å². The van der Waals surface area contributed by atoms with Gasteiger partial charge in [0.25, 0.3) is 5.91 Å². The van der Waals surface area contributed by atoms with E-state index in [0.29, 0.717) is 0 Å². The Kier molecular flexibility index (Phi) is 4.93. The predicted octanol–water partition coefficient (Wildman–Crippen LogP) is 3.41. The maximum Gasteiger partial charge on any atom is 0.257 e. The fourth-order valence-corrected chi connectivity index (χ4v) is 2.05. The lowest BCUT2D eigenvalue weighted by Gasteiger charge is -2.21. The van der Waals surface area contributed by atoms with E-state index in [1.807, 2.05) is 18.2 Å². The van der Waals surface area contributed by atoms with Crippen LogP contribution in [-0.2, 0) is 0 Å². The van der Waals surface area contributed by atoms with Crippen molar-refractivity contribution in [3.63, 3.8) is 0 Å². The number of allylic oxidation sites excluding steroid dienone is 2. The Morgan fingerprint density at radius 1 is 1.24 bits per heavy atom. The van der Waals surface area contributed by atoms with Crippen molar-refractivity contribution < 1.29 is 4.79 Å². The van der Waals surface area contributed by atoms with Gasteiger partial charge in [-0.15, -0.1) is 0 Å². The van der Waals surface area contributed by atoms with Crippen LogP contribution in [0.2, 0.25) is 0 Å². The van der Waals surface area contributed by atoms with Crippen molar-refractivity contribution in [3.8, 4) is 0 Å². The van der Waals surface area contributed by atoms with Crippen LogP contribution in [0.15, 0.2) is 60.8 Å². The summed E-state index contributed by atoms with van der Waals surface area (Å²) in [7, 11) is 0. The van der Waals surface area contributed by atoms with E-state index in [4.69, 9.17) is 0 Å². The van der Waals surface area contributed by atoms with Gasteiger partial charge in [0.15, 0.2) is 0 Å². The molecule has 0 spiro atoms. The molecule has 21 heavy (non-hydrogen) atoms. The number of hydrogen-bond donors (Lipinski definition) is 1. The summed E-state index contributed by atoms with van der Waals surface area (Å²) in [6.45, 7) is 6.22. The van der Waals surface area contributed by atoms with Crippen molar-refractivity contribution >= 4 is 5.91 Å². The zero-order valence-electron chi connectivity index (χ0n) is 12.7. The maximum atomic E-state index is 12.1. The molecule has 1 atom stereocenters. The third-order valence-electron chi connectivity index (χ3n) is 3.34. The van der Waals surface area contributed by atoms with Crippen molar-refractivity contribution in [1.29, 1.82) is 0 Å². The van der Waals surface area contributed by atoms with Crippen LogP contribution in [0, 0.1) is 5.92 Å². The Bertz CT molecular complexity index is 600. The molecule has 1 N–H and O–H groups in total. The van der Waals surface area contributed by atoms with Gasteiger partial charge in [0.1, 0.15) is 6.33 Å². The lowest BCUT2D eigenvalue weighted by atomic mass is 10.1. The van der Waals surface area contributed by atoms with Crippen LogP contribution >= 0.6 is 0 Å². The number of carbonyl (C=O) groups is 1. The quantitative estimate of drug-likeness (QED) is 0.855. The van der Waals surface area contributed by atoms with Crippen LogP contribution in [0.25, 0.3) is 0 Å². The number of rotatable bonds is 5. The van der Waals surface area contributed by atoms with Gasteiger partial charge in [-0.05, 0) is 18.4 Å². The Morgan fingerprint density at radius 2 is 1.95 bits per heavy atom.